The molecule has 5 nitrogen and oxygen atoms in total. The summed E-state index contributed by atoms with van der Waals surface area (Å²) >= 11 is 0. The third kappa shape index (κ3) is 1.64. The Balaban J connectivity index is 2.07. The molecule has 0 atom stereocenters. The lowest BCUT2D eigenvalue weighted by Crippen LogP contribution is -2.31. The van der Waals surface area contributed by atoms with Gasteiger partial charge in [-0.2, -0.15) is 0 Å². The van der Waals surface area contributed by atoms with E-state index in [1.807, 2.05) is 6.07 Å². The van der Waals surface area contributed by atoms with E-state index in [9.17, 15) is 9.90 Å². The average molecular weight is 244 g/mol. The number of hydrogen-bond acceptors (Lipinski definition) is 4. The van der Waals surface area contributed by atoms with E-state index >= 15 is 0 Å². The van der Waals surface area contributed by atoms with E-state index in [4.69, 9.17) is 5.11 Å². The molecule has 2 aromatic rings. The molecule has 3 rings (SSSR count). The molecule has 1 aromatic heterocycles. The van der Waals surface area contributed by atoms with Crippen LogP contribution in [0.3, 0.4) is 0 Å². The molecule has 0 spiro atoms. The van der Waals surface area contributed by atoms with Gasteiger partial charge in [0, 0.05) is 11.6 Å². The molecule has 1 heterocycles. The van der Waals surface area contributed by atoms with Crippen LogP contribution >= 0.6 is 0 Å². The van der Waals surface area contributed by atoms with Crippen LogP contribution in [-0.4, -0.2) is 26.7 Å². The Bertz CT molecular complexity index is 635. The first-order valence-electron chi connectivity index (χ1n) is 5.70. The summed E-state index contributed by atoms with van der Waals surface area (Å²) in [6.07, 6.45) is 2.82. The first kappa shape index (κ1) is 10.8. The summed E-state index contributed by atoms with van der Waals surface area (Å²) in [6.45, 7) is 0. The molecule has 1 aliphatic rings. The van der Waals surface area contributed by atoms with Gasteiger partial charge in [0.1, 0.15) is 17.1 Å². The minimum atomic E-state index is -0.882. The lowest BCUT2D eigenvalue weighted by Gasteiger charge is -2.14. The minimum Gasteiger partial charge on any atom is -0.508 e. The third-order valence-corrected chi connectivity index (χ3v) is 3.27. The van der Waals surface area contributed by atoms with Gasteiger partial charge in [-0.05, 0) is 36.4 Å². The van der Waals surface area contributed by atoms with Gasteiger partial charge in [-0.15, -0.1) is 0 Å². The second kappa shape index (κ2) is 3.60. The van der Waals surface area contributed by atoms with Gasteiger partial charge >= 0.3 is 5.97 Å². The molecule has 0 radical (unpaired) electrons. The van der Waals surface area contributed by atoms with Crippen molar-refractivity contribution in [2.75, 3.05) is 5.32 Å². The number of aromatic hydroxyl groups is 1. The summed E-state index contributed by atoms with van der Waals surface area (Å²) in [7, 11) is 0. The van der Waals surface area contributed by atoms with Crippen LogP contribution in [-0.2, 0) is 4.79 Å². The maximum absolute atomic E-state index is 11.2. The molecule has 1 aromatic carbocycles. The highest BCUT2D eigenvalue weighted by atomic mass is 16.4. The predicted molar refractivity (Wildman–Crippen MR) is 66.6 cm³/mol. The Morgan fingerprint density at radius 2 is 2.11 bits per heavy atom. The highest BCUT2D eigenvalue weighted by molar-refractivity contribution is 5.95. The number of benzene rings is 1. The normalized spacial score (nSPS) is 16.4. The minimum absolute atomic E-state index is 0.138. The quantitative estimate of drug-likeness (QED) is 0.768. The molecule has 0 saturated heterocycles. The first-order valence-corrected chi connectivity index (χ1v) is 5.70. The summed E-state index contributed by atoms with van der Waals surface area (Å²) in [5.41, 5.74) is -0.882. The lowest BCUT2D eigenvalue weighted by atomic mass is 10.1. The number of aromatic nitrogens is 1. The first-order chi connectivity index (χ1) is 8.61. The van der Waals surface area contributed by atoms with E-state index in [0.717, 1.165) is 10.8 Å². The molecular formula is C13H12N2O3. The van der Waals surface area contributed by atoms with Crippen molar-refractivity contribution in [2.45, 2.75) is 18.4 Å². The van der Waals surface area contributed by atoms with E-state index in [-0.39, 0.29) is 5.75 Å². The van der Waals surface area contributed by atoms with Gasteiger partial charge in [0.25, 0.3) is 0 Å². The van der Waals surface area contributed by atoms with Crippen LogP contribution in [0.2, 0.25) is 0 Å². The second-order valence-electron chi connectivity index (χ2n) is 4.58. The van der Waals surface area contributed by atoms with Crippen molar-refractivity contribution < 1.29 is 15.0 Å². The second-order valence-corrected chi connectivity index (χ2v) is 4.58. The topological polar surface area (TPSA) is 82.5 Å². The number of hydrogen-bond donors (Lipinski definition) is 3. The monoisotopic (exact) mass is 244 g/mol. The Morgan fingerprint density at radius 3 is 2.78 bits per heavy atom. The van der Waals surface area contributed by atoms with Crippen molar-refractivity contribution in [1.29, 1.82) is 0 Å². The number of phenols is 1. The molecule has 0 aliphatic heterocycles. The van der Waals surface area contributed by atoms with Gasteiger partial charge in [-0.3, -0.25) is 0 Å². The van der Waals surface area contributed by atoms with Crippen molar-refractivity contribution in [3.8, 4) is 5.75 Å². The highest BCUT2D eigenvalue weighted by Crippen LogP contribution is 2.40. The smallest absolute Gasteiger partial charge is 0.329 e. The number of nitrogens with one attached hydrogen (secondary N) is 1. The Labute approximate surface area is 103 Å². The van der Waals surface area contributed by atoms with E-state index in [2.05, 4.69) is 10.3 Å². The van der Waals surface area contributed by atoms with Crippen molar-refractivity contribution >= 4 is 22.6 Å². The largest absolute Gasteiger partial charge is 0.508 e. The Morgan fingerprint density at radius 1 is 1.33 bits per heavy atom. The van der Waals surface area contributed by atoms with Gasteiger partial charge in [0.2, 0.25) is 0 Å². The summed E-state index contributed by atoms with van der Waals surface area (Å²) in [4.78, 5) is 15.3. The molecule has 1 saturated carbocycles. The Kier molecular flexibility index (Phi) is 2.16. The van der Waals surface area contributed by atoms with E-state index < -0.39 is 11.5 Å². The molecule has 0 amide bonds. The van der Waals surface area contributed by atoms with Crippen LogP contribution in [0.15, 0.2) is 30.5 Å². The van der Waals surface area contributed by atoms with Crippen LogP contribution in [0.25, 0.3) is 10.8 Å². The number of aliphatic carboxylic acids is 1. The number of rotatable bonds is 3. The van der Waals surface area contributed by atoms with Crippen molar-refractivity contribution in [2.24, 2.45) is 0 Å². The van der Waals surface area contributed by atoms with Crippen molar-refractivity contribution in [1.82, 2.24) is 4.98 Å². The number of pyridine rings is 1. The number of phenolic OH excluding ortho intramolecular Hbond substituents is 1. The number of nitrogens with zero attached hydrogens (tertiary/aromatic N) is 1. The summed E-state index contributed by atoms with van der Waals surface area (Å²) in [6, 6.07) is 6.77. The molecule has 0 unspecified atom stereocenters. The van der Waals surface area contributed by atoms with Gasteiger partial charge in [-0.1, -0.05) is 6.07 Å². The van der Waals surface area contributed by atoms with Gasteiger partial charge in [-0.25, -0.2) is 9.78 Å². The molecule has 18 heavy (non-hydrogen) atoms. The van der Waals surface area contributed by atoms with Gasteiger partial charge in [0.15, 0.2) is 0 Å². The number of anilines is 1. The molecule has 5 heteroatoms. The highest BCUT2D eigenvalue weighted by Gasteiger charge is 2.50. The van der Waals surface area contributed by atoms with E-state index in [1.54, 1.807) is 24.4 Å². The summed E-state index contributed by atoms with van der Waals surface area (Å²) in [5.74, 6) is -0.219. The van der Waals surface area contributed by atoms with Gasteiger partial charge in [0.05, 0.1) is 0 Å². The molecular weight excluding hydrogens is 232 g/mol. The maximum Gasteiger partial charge on any atom is 0.329 e. The summed E-state index contributed by atoms with van der Waals surface area (Å²) < 4.78 is 0. The van der Waals surface area contributed by atoms with Crippen LogP contribution in [0.5, 0.6) is 5.75 Å². The molecule has 1 aliphatic carbocycles. The van der Waals surface area contributed by atoms with Crippen LogP contribution in [0.4, 0.5) is 5.82 Å². The molecule has 92 valence electrons. The standard InChI is InChI=1S/C13H12N2O3/c16-9-2-1-8-3-6-14-11(10(8)7-9)15-13(4-5-13)12(17)18/h1-3,6-7,16H,4-5H2,(H,14,15)(H,17,18). The third-order valence-electron chi connectivity index (χ3n) is 3.27. The van der Waals surface area contributed by atoms with E-state index in [1.165, 1.54) is 0 Å². The molecule has 3 N–H and O–H groups in total. The molecule has 0 bridgehead atoms. The zero-order valence-corrected chi connectivity index (χ0v) is 9.55. The van der Waals surface area contributed by atoms with Gasteiger partial charge < -0.3 is 15.5 Å². The van der Waals surface area contributed by atoms with Crippen molar-refractivity contribution in [3.63, 3.8) is 0 Å². The molecule has 1 fully saturated rings. The average Bonchev–Trinajstić information content (AvgIpc) is 3.11. The zero-order chi connectivity index (χ0) is 12.8. The SMILES string of the molecule is O=C(O)C1(Nc2nccc3ccc(O)cc23)CC1. The fourth-order valence-corrected chi connectivity index (χ4v) is 2.00. The maximum atomic E-state index is 11.2. The number of carboxylic acids is 1. The van der Waals surface area contributed by atoms with Crippen LogP contribution < -0.4 is 5.32 Å². The summed E-state index contributed by atoms with van der Waals surface area (Å²) in [5, 5.41) is 23.3. The van der Waals surface area contributed by atoms with Crippen molar-refractivity contribution in [3.05, 3.63) is 30.5 Å². The Hall–Kier alpha value is -2.30. The van der Waals surface area contributed by atoms with Crippen LogP contribution in [0.1, 0.15) is 12.8 Å². The van der Waals surface area contributed by atoms with Crippen LogP contribution in [0, 0.1) is 0 Å². The predicted octanol–water partition coefficient (Wildman–Crippen LogP) is 1.97. The fraction of sp³-hybridized carbons (Fsp3) is 0.231. The number of carboxylic acid groups (broad SMARTS) is 1. The lowest BCUT2D eigenvalue weighted by molar-refractivity contribution is -0.138. The number of fused-ring (bicyclic) bond motifs is 1. The fourth-order valence-electron chi connectivity index (χ4n) is 2.00. The zero-order valence-electron chi connectivity index (χ0n) is 9.55. The van der Waals surface area contributed by atoms with E-state index in [0.29, 0.717) is 18.7 Å². The number of carbonyl (C=O) groups is 1.